The third-order valence-corrected chi connectivity index (χ3v) is 2.43. The standard InChI is InChI=1S/2C6H7NO2/c2*1-2-4-3-5(8)7-6(4)9/h2*3H,2H2,1H3,(H,7,8,9). The van der Waals surface area contributed by atoms with Gasteiger partial charge in [-0.25, -0.2) is 0 Å². The molecule has 2 rings (SSSR count). The highest BCUT2D eigenvalue weighted by atomic mass is 16.2. The molecule has 0 bridgehead atoms. The van der Waals surface area contributed by atoms with Gasteiger partial charge in [0, 0.05) is 23.3 Å². The zero-order valence-electron chi connectivity index (χ0n) is 10.2. The van der Waals surface area contributed by atoms with E-state index in [-0.39, 0.29) is 23.6 Å². The average Bonchev–Trinajstić information content (AvgIpc) is 2.81. The van der Waals surface area contributed by atoms with Crippen molar-refractivity contribution in [3.05, 3.63) is 23.3 Å². The van der Waals surface area contributed by atoms with Crippen LogP contribution >= 0.6 is 0 Å². The summed E-state index contributed by atoms with van der Waals surface area (Å²) in [4.78, 5) is 42.1. The van der Waals surface area contributed by atoms with E-state index in [1.165, 1.54) is 12.2 Å². The summed E-state index contributed by atoms with van der Waals surface area (Å²) in [5, 5.41) is 4.29. The molecule has 18 heavy (non-hydrogen) atoms. The van der Waals surface area contributed by atoms with Gasteiger partial charge in [0.05, 0.1) is 0 Å². The highest BCUT2D eigenvalue weighted by molar-refractivity contribution is 6.16. The molecule has 6 heteroatoms. The predicted octanol–water partition coefficient (Wildman–Crippen LogP) is -0.0416. The first-order chi connectivity index (χ1) is 8.47. The minimum Gasteiger partial charge on any atom is -0.289 e. The number of hydrogen-bond acceptors (Lipinski definition) is 4. The molecule has 0 unspecified atom stereocenters. The molecule has 2 aliphatic heterocycles. The van der Waals surface area contributed by atoms with Gasteiger partial charge in [-0.15, -0.1) is 0 Å². The van der Waals surface area contributed by atoms with Crippen molar-refractivity contribution in [1.29, 1.82) is 0 Å². The summed E-state index contributed by atoms with van der Waals surface area (Å²) in [6, 6.07) is 0. The second-order valence-corrected chi connectivity index (χ2v) is 3.68. The molecule has 0 aromatic heterocycles. The molecule has 2 N–H and O–H groups in total. The Morgan fingerprint density at radius 1 is 0.778 bits per heavy atom. The smallest absolute Gasteiger partial charge is 0.254 e. The normalized spacial score (nSPS) is 17.7. The fraction of sp³-hybridized carbons (Fsp3) is 0.333. The maximum absolute atomic E-state index is 10.6. The minimum atomic E-state index is -0.295. The van der Waals surface area contributed by atoms with Crippen LogP contribution in [0.3, 0.4) is 0 Å². The summed E-state index contributed by atoms with van der Waals surface area (Å²) in [7, 11) is 0. The zero-order chi connectivity index (χ0) is 13.7. The Labute approximate surface area is 104 Å². The molecule has 2 heterocycles. The molecule has 0 saturated heterocycles. The third-order valence-electron chi connectivity index (χ3n) is 2.43. The monoisotopic (exact) mass is 250 g/mol. The molecule has 2 aliphatic rings. The Morgan fingerprint density at radius 2 is 1.11 bits per heavy atom. The van der Waals surface area contributed by atoms with Gasteiger partial charge in [-0.3, -0.25) is 29.8 Å². The Bertz CT molecular complexity index is 430. The molecular weight excluding hydrogens is 236 g/mol. The van der Waals surface area contributed by atoms with E-state index < -0.39 is 0 Å². The Balaban J connectivity index is 0.000000180. The SMILES string of the molecule is CCC1=CC(=O)NC1=O.CCC1=CC(=O)NC1=O. The number of hydrogen-bond donors (Lipinski definition) is 2. The van der Waals surface area contributed by atoms with Crippen LogP contribution < -0.4 is 10.6 Å². The minimum absolute atomic E-state index is 0.248. The van der Waals surface area contributed by atoms with Crippen LogP contribution in [0, 0.1) is 0 Å². The number of carbonyl (C=O) groups excluding carboxylic acids is 4. The molecule has 0 atom stereocenters. The summed E-state index contributed by atoms with van der Waals surface area (Å²) in [6.07, 6.45) is 3.92. The average molecular weight is 250 g/mol. The molecule has 4 amide bonds. The quantitative estimate of drug-likeness (QED) is 0.672. The third kappa shape index (κ3) is 3.38. The molecular formula is C12H14N2O4. The number of nitrogens with one attached hydrogen (secondary N) is 2. The van der Waals surface area contributed by atoms with Crippen LogP contribution in [0.2, 0.25) is 0 Å². The lowest BCUT2D eigenvalue weighted by Gasteiger charge is -1.89. The predicted molar refractivity (Wildman–Crippen MR) is 63.0 cm³/mol. The van der Waals surface area contributed by atoms with E-state index in [1.807, 2.05) is 13.8 Å². The summed E-state index contributed by atoms with van der Waals surface area (Å²) in [5.74, 6) is -1.08. The molecule has 96 valence electrons. The lowest BCUT2D eigenvalue weighted by atomic mass is 10.2. The van der Waals surface area contributed by atoms with E-state index in [2.05, 4.69) is 10.6 Å². The lowest BCUT2D eigenvalue weighted by molar-refractivity contribution is -0.125. The Hall–Kier alpha value is -2.24. The van der Waals surface area contributed by atoms with Crippen molar-refractivity contribution in [2.24, 2.45) is 0 Å². The summed E-state index contributed by atoms with van der Waals surface area (Å²) in [5.41, 5.74) is 1.14. The van der Waals surface area contributed by atoms with Crippen molar-refractivity contribution in [1.82, 2.24) is 10.6 Å². The fourth-order valence-electron chi connectivity index (χ4n) is 1.43. The fourth-order valence-corrected chi connectivity index (χ4v) is 1.43. The zero-order valence-corrected chi connectivity index (χ0v) is 10.2. The first-order valence-corrected chi connectivity index (χ1v) is 5.59. The maximum atomic E-state index is 10.6. The van der Waals surface area contributed by atoms with Crippen molar-refractivity contribution in [3.63, 3.8) is 0 Å². The Kier molecular flexibility index (Phi) is 4.53. The van der Waals surface area contributed by atoms with E-state index in [9.17, 15) is 19.2 Å². The van der Waals surface area contributed by atoms with Gasteiger partial charge in [-0.05, 0) is 12.8 Å². The number of rotatable bonds is 2. The van der Waals surface area contributed by atoms with Gasteiger partial charge in [0.15, 0.2) is 0 Å². The second kappa shape index (κ2) is 5.90. The van der Waals surface area contributed by atoms with Gasteiger partial charge in [-0.1, -0.05) is 13.8 Å². The van der Waals surface area contributed by atoms with Crippen LogP contribution in [0.4, 0.5) is 0 Å². The van der Waals surface area contributed by atoms with Gasteiger partial charge in [-0.2, -0.15) is 0 Å². The molecule has 0 fully saturated rings. The maximum Gasteiger partial charge on any atom is 0.254 e. The highest BCUT2D eigenvalue weighted by Gasteiger charge is 2.18. The second-order valence-electron chi connectivity index (χ2n) is 3.68. The van der Waals surface area contributed by atoms with Crippen LogP contribution in [0.25, 0.3) is 0 Å². The van der Waals surface area contributed by atoms with Crippen molar-refractivity contribution in [2.45, 2.75) is 26.7 Å². The van der Waals surface area contributed by atoms with Crippen LogP contribution in [0.5, 0.6) is 0 Å². The number of imide groups is 2. The first-order valence-electron chi connectivity index (χ1n) is 5.59. The van der Waals surface area contributed by atoms with E-state index >= 15 is 0 Å². The summed E-state index contributed by atoms with van der Waals surface area (Å²) >= 11 is 0. The topological polar surface area (TPSA) is 92.3 Å². The molecule has 0 spiro atoms. The van der Waals surface area contributed by atoms with Gasteiger partial charge >= 0.3 is 0 Å². The molecule has 0 aliphatic carbocycles. The van der Waals surface area contributed by atoms with Crippen molar-refractivity contribution in [2.75, 3.05) is 0 Å². The Morgan fingerprint density at radius 3 is 1.22 bits per heavy atom. The van der Waals surface area contributed by atoms with Crippen LogP contribution in [-0.4, -0.2) is 23.6 Å². The summed E-state index contributed by atoms with van der Waals surface area (Å²) < 4.78 is 0. The molecule has 0 aromatic carbocycles. The molecule has 0 radical (unpaired) electrons. The number of amides is 4. The van der Waals surface area contributed by atoms with E-state index in [1.54, 1.807) is 0 Å². The molecule has 6 nitrogen and oxygen atoms in total. The number of carbonyl (C=O) groups is 4. The van der Waals surface area contributed by atoms with Crippen molar-refractivity contribution >= 4 is 23.6 Å². The van der Waals surface area contributed by atoms with Gasteiger partial charge in [0.25, 0.3) is 23.6 Å². The van der Waals surface area contributed by atoms with Crippen LogP contribution in [0.1, 0.15) is 26.7 Å². The van der Waals surface area contributed by atoms with Crippen molar-refractivity contribution < 1.29 is 19.2 Å². The van der Waals surface area contributed by atoms with Crippen LogP contribution in [-0.2, 0) is 19.2 Å². The van der Waals surface area contributed by atoms with Crippen LogP contribution in [0.15, 0.2) is 23.3 Å². The molecule has 0 aromatic rings. The van der Waals surface area contributed by atoms with Gasteiger partial charge < -0.3 is 0 Å². The van der Waals surface area contributed by atoms with Gasteiger partial charge in [0.2, 0.25) is 0 Å². The van der Waals surface area contributed by atoms with Crippen molar-refractivity contribution in [3.8, 4) is 0 Å². The highest BCUT2D eigenvalue weighted by Crippen LogP contribution is 2.05. The van der Waals surface area contributed by atoms with E-state index in [4.69, 9.17) is 0 Å². The van der Waals surface area contributed by atoms with Gasteiger partial charge in [0.1, 0.15) is 0 Å². The molecule has 0 saturated carbocycles. The van der Waals surface area contributed by atoms with E-state index in [0.717, 1.165) is 0 Å². The van der Waals surface area contributed by atoms with E-state index in [0.29, 0.717) is 24.0 Å². The first kappa shape index (κ1) is 13.8. The summed E-state index contributed by atoms with van der Waals surface area (Å²) in [6.45, 7) is 3.67. The largest absolute Gasteiger partial charge is 0.289 e. The lowest BCUT2D eigenvalue weighted by Crippen LogP contribution is -2.21.